The van der Waals surface area contributed by atoms with Crippen LogP contribution in [0.15, 0.2) is 18.2 Å². The first-order valence-electron chi connectivity index (χ1n) is 5.21. The molecule has 14 heavy (non-hydrogen) atoms. The molecule has 0 aromatic heterocycles. The monoisotopic (exact) mass is 190 g/mol. The fraction of sp³-hybridized carbons (Fsp3) is 0.462. The van der Waals surface area contributed by atoms with Crippen LogP contribution in [-0.2, 0) is 17.6 Å². The van der Waals surface area contributed by atoms with E-state index in [1.807, 2.05) is 0 Å². The maximum absolute atomic E-state index is 10.9. The molecule has 0 aliphatic heterocycles. The molecule has 0 fully saturated rings. The molecule has 0 unspecified atom stereocenters. The zero-order valence-corrected chi connectivity index (χ0v) is 9.26. The van der Waals surface area contributed by atoms with Crippen molar-refractivity contribution in [3.8, 4) is 0 Å². The Hall–Kier alpha value is -1.11. The van der Waals surface area contributed by atoms with Crippen molar-refractivity contribution in [1.82, 2.24) is 0 Å². The first kappa shape index (κ1) is 11.0. The molecule has 0 heterocycles. The fourth-order valence-corrected chi connectivity index (χ4v) is 1.64. The van der Waals surface area contributed by atoms with Crippen molar-refractivity contribution in [2.24, 2.45) is 0 Å². The predicted octanol–water partition coefficient (Wildman–Crippen LogP) is 3.08. The molecule has 76 valence electrons. The molecule has 1 nitrogen and oxygen atoms in total. The molecule has 0 saturated carbocycles. The highest BCUT2D eigenvalue weighted by Crippen LogP contribution is 2.14. The van der Waals surface area contributed by atoms with Gasteiger partial charge in [-0.05, 0) is 37.8 Å². The number of Topliss-reactive ketones (excluding diaryl/α,β-unsaturated/α-hetero) is 1. The van der Waals surface area contributed by atoms with Crippen LogP contribution in [0.4, 0.5) is 0 Å². The van der Waals surface area contributed by atoms with E-state index in [0.717, 1.165) is 12.8 Å². The summed E-state index contributed by atoms with van der Waals surface area (Å²) in [6, 6.07) is 6.50. The summed E-state index contributed by atoms with van der Waals surface area (Å²) in [4.78, 5) is 10.9. The molecule has 0 amide bonds. The minimum Gasteiger partial charge on any atom is -0.300 e. The van der Waals surface area contributed by atoms with E-state index in [4.69, 9.17) is 0 Å². The lowest BCUT2D eigenvalue weighted by Gasteiger charge is -2.07. The fourth-order valence-electron chi connectivity index (χ4n) is 1.64. The number of hydrogen-bond acceptors (Lipinski definition) is 1. The molecule has 1 aromatic carbocycles. The zero-order valence-electron chi connectivity index (χ0n) is 9.26. The lowest BCUT2D eigenvalue weighted by Crippen LogP contribution is -1.98. The number of carbonyl (C=O) groups is 1. The second-order valence-electron chi connectivity index (χ2n) is 3.83. The molecule has 0 radical (unpaired) electrons. The highest BCUT2D eigenvalue weighted by atomic mass is 16.1. The van der Waals surface area contributed by atoms with Crippen molar-refractivity contribution in [1.29, 1.82) is 0 Å². The third kappa shape index (κ3) is 2.99. The Kier molecular flexibility index (Phi) is 3.87. The summed E-state index contributed by atoms with van der Waals surface area (Å²) in [5, 5.41) is 0. The SMILES string of the molecule is CCc1ccc(C)cc1CCC(C)=O. The van der Waals surface area contributed by atoms with Gasteiger partial charge in [0.2, 0.25) is 0 Å². The summed E-state index contributed by atoms with van der Waals surface area (Å²) in [7, 11) is 0. The Morgan fingerprint density at radius 3 is 2.57 bits per heavy atom. The molecule has 1 heteroatoms. The molecule has 0 atom stereocenters. The Morgan fingerprint density at radius 2 is 2.00 bits per heavy atom. The molecular weight excluding hydrogens is 172 g/mol. The number of aryl methyl sites for hydroxylation is 3. The first-order chi connectivity index (χ1) is 6.63. The van der Waals surface area contributed by atoms with Crippen molar-refractivity contribution in [3.05, 3.63) is 34.9 Å². The smallest absolute Gasteiger partial charge is 0.130 e. The van der Waals surface area contributed by atoms with Crippen molar-refractivity contribution >= 4 is 5.78 Å². The lowest BCUT2D eigenvalue weighted by molar-refractivity contribution is -0.116. The minimum atomic E-state index is 0.272. The number of carbonyl (C=O) groups excluding carboxylic acids is 1. The molecule has 0 N–H and O–H groups in total. The molecule has 0 aliphatic rings. The largest absolute Gasteiger partial charge is 0.300 e. The maximum Gasteiger partial charge on any atom is 0.130 e. The second kappa shape index (κ2) is 4.94. The molecular formula is C13H18O. The van der Waals surface area contributed by atoms with E-state index in [2.05, 4.69) is 32.0 Å². The van der Waals surface area contributed by atoms with Crippen LogP contribution < -0.4 is 0 Å². The average molecular weight is 190 g/mol. The van der Waals surface area contributed by atoms with Crippen LogP contribution in [-0.4, -0.2) is 5.78 Å². The number of hydrogen-bond donors (Lipinski definition) is 0. The summed E-state index contributed by atoms with van der Waals surface area (Å²) in [5.74, 6) is 0.272. The molecule has 1 rings (SSSR count). The normalized spacial score (nSPS) is 10.2. The van der Waals surface area contributed by atoms with Gasteiger partial charge in [-0.25, -0.2) is 0 Å². The Bertz CT molecular complexity index is 326. The highest BCUT2D eigenvalue weighted by Gasteiger charge is 2.02. The van der Waals surface area contributed by atoms with Gasteiger partial charge in [-0.3, -0.25) is 0 Å². The number of rotatable bonds is 4. The summed E-state index contributed by atoms with van der Waals surface area (Å²) in [5.41, 5.74) is 3.99. The second-order valence-corrected chi connectivity index (χ2v) is 3.83. The third-order valence-corrected chi connectivity index (χ3v) is 2.49. The number of benzene rings is 1. The van der Waals surface area contributed by atoms with Crippen molar-refractivity contribution in [3.63, 3.8) is 0 Å². The third-order valence-electron chi connectivity index (χ3n) is 2.49. The van der Waals surface area contributed by atoms with Crippen LogP contribution in [0.1, 0.15) is 37.0 Å². The van der Waals surface area contributed by atoms with Gasteiger partial charge in [-0.1, -0.05) is 30.7 Å². The van der Waals surface area contributed by atoms with E-state index in [0.29, 0.717) is 6.42 Å². The predicted molar refractivity (Wildman–Crippen MR) is 59.6 cm³/mol. The quantitative estimate of drug-likeness (QED) is 0.713. The van der Waals surface area contributed by atoms with Crippen LogP contribution in [0.2, 0.25) is 0 Å². The Morgan fingerprint density at radius 1 is 1.29 bits per heavy atom. The van der Waals surface area contributed by atoms with Gasteiger partial charge in [0.05, 0.1) is 0 Å². The van der Waals surface area contributed by atoms with E-state index in [1.165, 1.54) is 16.7 Å². The summed E-state index contributed by atoms with van der Waals surface area (Å²) < 4.78 is 0. The number of ketones is 1. The topological polar surface area (TPSA) is 17.1 Å². The van der Waals surface area contributed by atoms with Crippen LogP contribution in [0, 0.1) is 6.92 Å². The van der Waals surface area contributed by atoms with Gasteiger partial charge in [0.1, 0.15) is 5.78 Å². The van der Waals surface area contributed by atoms with Crippen molar-refractivity contribution < 1.29 is 4.79 Å². The minimum absolute atomic E-state index is 0.272. The van der Waals surface area contributed by atoms with Gasteiger partial charge in [-0.2, -0.15) is 0 Å². The molecule has 0 saturated heterocycles. The van der Waals surface area contributed by atoms with E-state index >= 15 is 0 Å². The summed E-state index contributed by atoms with van der Waals surface area (Å²) >= 11 is 0. The summed E-state index contributed by atoms with van der Waals surface area (Å²) in [6.07, 6.45) is 2.60. The first-order valence-corrected chi connectivity index (χ1v) is 5.21. The van der Waals surface area contributed by atoms with E-state index in [1.54, 1.807) is 6.92 Å². The lowest BCUT2D eigenvalue weighted by atomic mass is 9.98. The van der Waals surface area contributed by atoms with E-state index in [9.17, 15) is 4.79 Å². The van der Waals surface area contributed by atoms with Gasteiger partial charge in [0, 0.05) is 6.42 Å². The standard InChI is InChI=1S/C13H18O/c1-4-12-7-5-10(2)9-13(12)8-6-11(3)14/h5,7,9H,4,6,8H2,1-3H3. The van der Waals surface area contributed by atoms with Gasteiger partial charge in [0.15, 0.2) is 0 Å². The zero-order chi connectivity index (χ0) is 10.6. The molecule has 1 aromatic rings. The molecule has 0 spiro atoms. The highest BCUT2D eigenvalue weighted by molar-refractivity contribution is 5.75. The molecule has 0 aliphatic carbocycles. The van der Waals surface area contributed by atoms with Gasteiger partial charge >= 0.3 is 0 Å². The van der Waals surface area contributed by atoms with Crippen molar-refractivity contribution in [2.45, 2.75) is 40.0 Å². The molecule has 0 bridgehead atoms. The van der Waals surface area contributed by atoms with Crippen LogP contribution in [0.25, 0.3) is 0 Å². The van der Waals surface area contributed by atoms with Gasteiger partial charge < -0.3 is 4.79 Å². The Balaban J connectivity index is 2.82. The average Bonchev–Trinajstić information content (AvgIpc) is 2.15. The van der Waals surface area contributed by atoms with Crippen LogP contribution in [0.3, 0.4) is 0 Å². The van der Waals surface area contributed by atoms with E-state index in [-0.39, 0.29) is 5.78 Å². The maximum atomic E-state index is 10.9. The van der Waals surface area contributed by atoms with Gasteiger partial charge in [0.25, 0.3) is 0 Å². The van der Waals surface area contributed by atoms with Crippen molar-refractivity contribution in [2.75, 3.05) is 0 Å². The van der Waals surface area contributed by atoms with Crippen LogP contribution in [0.5, 0.6) is 0 Å². The van der Waals surface area contributed by atoms with E-state index < -0.39 is 0 Å². The van der Waals surface area contributed by atoms with Crippen LogP contribution >= 0.6 is 0 Å². The van der Waals surface area contributed by atoms with Gasteiger partial charge in [-0.15, -0.1) is 0 Å². The Labute approximate surface area is 86.1 Å². The summed E-state index contributed by atoms with van der Waals surface area (Å²) in [6.45, 7) is 5.90.